The Kier molecular flexibility index (Phi) is 3.14. The van der Waals surface area contributed by atoms with Crippen molar-refractivity contribution >= 4 is 5.91 Å². The quantitative estimate of drug-likeness (QED) is 0.830. The molecule has 2 heterocycles. The molecule has 0 bridgehead atoms. The van der Waals surface area contributed by atoms with Crippen molar-refractivity contribution in [1.82, 2.24) is 14.7 Å². The zero-order valence-electron chi connectivity index (χ0n) is 13.0. The first-order valence-corrected chi connectivity index (χ1v) is 7.67. The molecule has 2 atom stereocenters. The van der Waals surface area contributed by atoms with Crippen molar-refractivity contribution in [3.05, 3.63) is 17.5 Å². The number of aromatic nitrogens is 2. The molecule has 1 aromatic rings. The summed E-state index contributed by atoms with van der Waals surface area (Å²) in [6.45, 7) is 7.58. The van der Waals surface area contributed by atoms with E-state index in [0.717, 1.165) is 17.8 Å². The second kappa shape index (κ2) is 4.61. The van der Waals surface area contributed by atoms with Crippen LogP contribution in [0, 0.1) is 18.3 Å². The van der Waals surface area contributed by atoms with Crippen LogP contribution in [0.5, 0.6) is 0 Å². The van der Waals surface area contributed by atoms with Gasteiger partial charge in [-0.15, -0.1) is 0 Å². The SMILES string of the molecule is Cc1c(CC(=O)N2CC(C)(C)C3CCCC32)cnn1C. The van der Waals surface area contributed by atoms with Gasteiger partial charge in [-0.1, -0.05) is 20.3 Å². The van der Waals surface area contributed by atoms with Gasteiger partial charge in [-0.2, -0.15) is 5.10 Å². The molecule has 1 aliphatic carbocycles. The van der Waals surface area contributed by atoms with E-state index in [-0.39, 0.29) is 11.3 Å². The normalized spacial score (nSPS) is 27.9. The highest BCUT2D eigenvalue weighted by molar-refractivity contribution is 5.79. The van der Waals surface area contributed by atoms with Gasteiger partial charge in [0.2, 0.25) is 5.91 Å². The molecular formula is C16H25N3O. The number of likely N-dealkylation sites (tertiary alicyclic amines) is 1. The topological polar surface area (TPSA) is 38.1 Å². The lowest BCUT2D eigenvalue weighted by Gasteiger charge is -2.24. The lowest BCUT2D eigenvalue weighted by molar-refractivity contribution is -0.131. The molecule has 1 amide bonds. The minimum Gasteiger partial charge on any atom is -0.339 e. The monoisotopic (exact) mass is 275 g/mol. The Labute approximate surface area is 121 Å². The third kappa shape index (κ3) is 2.05. The van der Waals surface area contributed by atoms with Gasteiger partial charge in [0.05, 0.1) is 12.6 Å². The van der Waals surface area contributed by atoms with Crippen molar-refractivity contribution in [3.63, 3.8) is 0 Å². The number of hydrogen-bond donors (Lipinski definition) is 0. The highest BCUT2D eigenvalue weighted by Crippen LogP contribution is 2.48. The molecule has 3 rings (SSSR count). The van der Waals surface area contributed by atoms with Crippen molar-refractivity contribution in [1.29, 1.82) is 0 Å². The molecule has 1 aromatic heterocycles. The Hall–Kier alpha value is -1.32. The maximum atomic E-state index is 12.7. The summed E-state index contributed by atoms with van der Waals surface area (Å²) in [7, 11) is 1.93. The molecule has 4 nitrogen and oxygen atoms in total. The average molecular weight is 275 g/mol. The minimum absolute atomic E-state index is 0.279. The number of carbonyl (C=O) groups is 1. The summed E-state index contributed by atoms with van der Waals surface area (Å²) in [6.07, 6.45) is 6.08. The summed E-state index contributed by atoms with van der Waals surface area (Å²) < 4.78 is 1.84. The zero-order chi connectivity index (χ0) is 14.5. The van der Waals surface area contributed by atoms with Crippen molar-refractivity contribution in [3.8, 4) is 0 Å². The number of nitrogens with zero attached hydrogens (tertiary/aromatic N) is 3. The molecule has 110 valence electrons. The molecule has 0 N–H and O–H groups in total. The molecule has 4 heteroatoms. The van der Waals surface area contributed by atoms with E-state index in [1.54, 1.807) is 0 Å². The summed E-state index contributed by atoms with van der Waals surface area (Å²) in [5.41, 5.74) is 2.44. The summed E-state index contributed by atoms with van der Waals surface area (Å²) in [5, 5.41) is 4.24. The van der Waals surface area contributed by atoms with Crippen molar-refractivity contribution in [2.75, 3.05) is 6.54 Å². The number of rotatable bonds is 2. The van der Waals surface area contributed by atoms with Crippen LogP contribution < -0.4 is 0 Å². The minimum atomic E-state index is 0.279. The standard InChI is InChI=1S/C16H25N3O/c1-11-12(9-17-18(11)4)8-15(20)19-10-16(2,3)13-6-5-7-14(13)19/h9,13-14H,5-8,10H2,1-4H3. The van der Waals surface area contributed by atoms with E-state index >= 15 is 0 Å². The van der Waals surface area contributed by atoms with Gasteiger partial charge < -0.3 is 4.90 Å². The van der Waals surface area contributed by atoms with E-state index in [1.807, 2.05) is 24.9 Å². The molecule has 0 aromatic carbocycles. The Morgan fingerprint density at radius 2 is 2.20 bits per heavy atom. The predicted molar refractivity (Wildman–Crippen MR) is 78.3 cm³/mol. The molecule has 0 radical (unpaired) electrons. The van der Waals surface area contributed by atoms with Crippen LogP contribution in [0.3, 0.4) is 0 Å². The van der Waals surface area contributed by atoms with Crippen molar-refractivity contribution < 1.29 is 4.79 Å². The molecule has 2 unspecified atom stereocenters. The maximum absolute atomic E-state index is 12.7. The molecule has 1 saturated heterocycles. The third-order valence-electron chi connectivity index (χ3n) is 5.46. The molecular weight excluding hydrogens is 250 g/mol. The maximum Gasteiger partial charge on any atom is 0.227 e. The summed E-state index contributed by atoms with van der Waals surface area (Å²) in [4.78, 5) is 14.9. The van der Waals surface area contributed by atoms with Crippen LogP contribution in [0.2, 0.25) is 0 Å². The molecule has 2 fully saturated rings. The van der Waals surface area contributed by atoms with E-state index in [2.05, 4.69) is 23.8 Å². The number of hydrogen-bond acceptors (Lipinski definition) is 2. The average Bonchev–Trinajstić information content (AvgIpc) is 3.03. The molecule has 0 spiro atoms. The Morgan fingerprint density at radius 3 is 2.85 bits per heavy atom. The van der Waals surface area contributed by atoms with Gasteiger partial charge in [-0.25, -0.2) is 0 Å². The van der Waals surface area contributed by atoms with Crippen LogP contribution in [-0.4, -0.2) is 33.2 Å². The molecule has 1 saturated carbocycles. The number of fused-ring (bicyclic) bond motifs is 1. The van der Waals surface area contributed by atoms with Crippen LogP contribution in [0.1, 0.15) is 44.4 Å². The van der Waals surface area contributed by atoms with Crippen LogP contribution in [0.25, 0.3) is 0 Å². The first kappa shape index (κ1) is 13.7. The fraction of sp³-hybridized carbons (Fsp3) is 0.750. The number of carbonyl (C=O) groups excluding carboxylic acids is 1. The Morgan fingerprint density at radius 1 is 1.45 bits per heavy atom. The van der Waals surface area contributed by atoms with Crippen molar-refractivity contribution in [2.45, 2.75) is 52.5 Å². The van der Waals surface area contributed by atoms with Gasteiger partial charge in [0.1, 0.15) is 0 Å². The zero-order valence-corrected chi connectivity index (χ0v) is 13.0. The first-order chi connectivity index (χ1) is 9.40. The van der Waals surface area contributed by atoms with Gasteiger partial charge in [-0.3, -0.25) is 9.48 Å². The summed E-state index contributed by atoms with van der Waals surface area (Å²) in [5.74, 6) is 0.977. The van der Waals surface area contributed by atoms with Crippen LogP contribution in [0.15, 0.2) is 6.20 Å². The third-order valence-corrected chi connectivity index (χ3v) is 5.46. The van der Waals surface area contributed by atoms with Gasteiger partial charge in [0.15, 0.2) is 0 Å². The largest absolute Gasteiger partial charge is 0.339 e. The Bertz CT molecular complexity index is 532. The van der Waals surface area contributed by atoms with Gasteiger partial charge in [-0.05, 0) is 31.1 Å². The first-order valence-electron chi connectivity index (χ1n) is 7.67. The second-order valence-electron chi connectivity index (χ2n) is 7.17. The van der Waals surface area contributed by atoms with Gasteiger partial charge >= 0.3 is 0 Å². The summed E-state index contributed by atoms with van der Waals surface area (Å²) >= 11 is 0. The highest BCUT2D eigenvalue weighted by Gasteiger charge is 2.50. The van der Waals surface area contributed by atoms with E-state index < -0.39 is 0 Å². The second-order valence-corrected chi connectivity index (χ2v) is 7.17. The smallest absolute Gasteiger partial charge is 0.227 e. The van der Waals surface area contributed by atoms with Gasteiger partial charge in [0, 0.05) is 30.9 Å². The number of amides is 1. The van der Waals surface area contributed by atoms with Crippen LogP contribution in [-0.2, 0) is 18.3 Å². The molecule has 1 aliphatic heterocycles. The fourth-order valence-corrected chi connectivity index (χ4v) is 4.15. The molecule has 20 heavy (non-hydrogen) atoms. The highest BCUT2D eigenvalue weighted by atomic mass is 16.2. The van der Waals surface area contributed by atoms with E-state index in [9.17, 15) is 4.79 Å². The predicted octanol–water partition coefficient (Wildman–Crippen LogP) is 2.31. The molecule has 2 aliphatic rings. The van der Waals surface area contributed by atoms with E-state index in [4.69, 9.17) is 0 Å². The number of aryl methyl sites for hydroxylation is 1. The lowest BCUT2D eigenvalue weighted by Crippen LogP contribution is -2.37. The van der Waals surface area contributed by atoms with Crippen LogP contribution in [0.4, 0.5) is 0 Å². The summed E-state index contributed by atoms with van der Waals surface area (Å²) in [6, 6.07) is 0.481. The fourth-order valence-electron chi connectivity index (χ4n) is 4.15. The van der Waals surface area contributed by atoms with Crippen molar-refractivity contribution in [2.24, 2.45) is 18.4 Å². The Balaban J connectivity index is 1.76. The van der Waals surface area contributed by atoms with Crippen LogP contribution >= 0.6 is 0 Å². The lowest BCUT2D eigenvalue weighted by atomic mass is 9.80. The van der Waals surface area contributed by atoms with E-state index in [0.29, 0.717) is 18.4 Å². The van der Waals surface area contributed by atoms with E-state index in [1.165, 1.54) is 19.3 Å². The van der Waals surface area contributed by atoms with Gasteiger partial charge in [0.25, 0.3) is 0 Å².